The number of hydrogen-bond acceptors (Lipinski definition) is 2. The van der Waals surface area contributed by atoms with Crippen molar-refractivity contribution in [3.63, 3.8) is 0 Å². The molecule has 1 aromatic rings. The Kier molecular flexibility index (Phi) is 2.15. The van der Waals surface area contributed by atoms with Gasteiger partial charge in [-0.15, -0.1) is 0 Å². The SMILES string of the molecule is Cc1ccc(C2CN[B]O2)cc1. The molecule has 1 unspecified atom stereocenters. The van der Waals surface area contributed by atoms with Gasteiger partial charge in [0.25, 0.3) is 0 Å². The van der Waals surface area contributed by atoms with E-state index in [4.69, 9.17) is 4.65 Å². The third kappa shape index (κ3) is 1.52. The van der Waals surface area contributed by atoms with Crippen molar-refractivity contribution in [1.82, 2.24) is 5.23 Å². The third-order valence-corrected chi connectivity index (χ3v) is 2.07. The first-order valence-electron chi connectivity index (χ1n) is 4.13. The van der Waals surface area contributed by atoms with Crippen molar-refractivity contribution < 1.29 is 4.65 Å². The van der Waals surface area contributed by atoms with Crippen LogP contribution in [0.25, 0.3) is 0 Å². The van der Waals surface area contributed by atoms with Crippen LogP contribution in [0.1, 0.15) is 17.2 Å². The molecule has 0 aromatic heterocycles. The molecule has 1 radical (unpaired) electrons. The van der Waals surface area contributed by atoms with Gasteiger partial charge >= 0.3 is 7.62 Å². The highest BCUT2D eigenvalue weighted by Crippen LogP contribution is 2.18. The van der Waals surface area contributed by atoms with Gasteiger partial charge in [0.1, 0.15) is 0 Å². The molecule has 2 nitrogen and oxygen atoms in total. The van der Waals surface area contributed by atoms with Crippen molar-refractivity contribution >= 4 is 7.62 Å². The fourth-order valence-electron chi connectivity index (χ4n) is 1.31. The van der Waals surface area contributed by atoms with Gasteiger partial charge < -0.3 is 9.88 Å². The maximum absolute atomic E-state index is 5.34. The quantitative estimate of drug-likeness (QED) is 0.623. The standard InChI is InChI=1S/C9H11BNO/c1-7-2-4-8(5-3-7)9-6-11-10-12-9/h2-5,9,11H,6H2,1H3. The minimum atomic E-state index is 0.200. The van der Waals surface area contributed by atoms with Crippen LogP contribution in [0.4, 0.5) is 0 Å². The van der Waals surface area contributed by atoms with Crippen LogP contribution in [0, 0.1) is 6.92 Å². The van der Waals surface area contributed by atoms with Gasteiger partial charge in [-0.2, -0.15) is 0 Å². The summed E-state index contributed by atoms with van der Waals surface area (Å²) in [6.45, 7) is 2.97. The molecule has 1 aliphatic rings. The maximum atomic E-state index is 5.34. The normalized spacial score (nSPS) is 22.2. The van der Waals surface area contributed by atoms with Crippen molar-refractivity contribution in [2.24, 2.45) is 0 Å². The van der Waals surface area contributed by atoms with E-state index in [0.29, 0.717) is 0 Å². The lowest BCUT2D eigenvalue weighted by atomic mass is 10.1. The van der Waals surface area contributed by atoms with Crippen LogP contribution in [-0.4, -0.2) is 14.2 Å². The first kappa shape index (κ1) is 7.83. The zero-order valence-corrected chi connectivity index (χ0v) is 7.08. The van der Waals surface area contributed by atoms with Crippen LogP contribution < -0.4 is 5.23 Å². The monoisotopic (exact) mass is 160 g/mol. The zero-order valence-electron chi connectivity index (χ0n) is 7.08. The molecule has 0 amide bonds. The predicted molar refractivity (Wildman–Crippen MR) is 48.8 cm³/mol. The van der Waals surface area contributed by atoms with Gasteiger partial charge in [0.05, 0.1) is 6.10 Å². The highest BCUT2D eigenvalue weighted by Gasteiger charge is 2.17. The van der Waals surface area contributed by atoms with Crippen molar-refractivity contribution in [3.05, 3.63) is 35.4 Å². The smallest absolute Gasteiger partial charge is 0.396 e. The molecule has 0 aliphatic carbocycles. The molecule has 2 rings (SSSR count). The predicted octanol–water partition coefficient (Wildman–Crippen LogP) is 1.19. The highest BCUT2D eigenvalue weighted by atomic mass is 16.5. The Morgan fingerprint density at radius 2 is 2.17 bits per heavy atom. The Bertz CT molecular complexity index is 254. The van der Waals surface area contributed by atoms with Crippen LogP contribution in [0.3, 0.4) is 0 Å². The molecular formula is C9H11BNO. The Morgan fingerprint density at radius 3 is 2.75 bits per heavy atom. The minimum Gasteiger partial charge on any atom is -0.416 e. The first-order valence-corrected chi connectivity index (χ1v) is 4.13. The molecule has 1 fully saturated rings. The van der Waals surface area contributed by atoms with Gasteiger partial charge in [0, 0.05) is 6.54 Å². The zero-order chi connectivity index (χ0) is 8.39. The summed E-state index contributed by atoms with van der Waals surface area (Å²) in [5, 5.41) is 3.04. The van der Waals surface area contributed by atoms with E-state index in [2.05, 4.69) is 36.4 Å². The Labute approximate surface area is 73.2 Å². The number of aryl methyl sites for hydroxylation is 1. The maximum Gasteiger partial charge on any atom is 0.396 e. The second-order valence-electron chi connectivity index (χ2n) is 3.06. The number of benzene rings is 1. The lowest BCUT2D eigenvalue weighted by Gasteiger charge is -2.09. The van der Waals surface area contributed by atoms with Crippen LogP contribution in [-0.2, 0) is 4.65 Å². The first-order chi connectivity index (χ1) is 5.86. The fraction of sp³-hybridized carbons (Fsp3) is 0.333. The van der Waals surface area contributed by atoms with Crippen molar-refractivity contribution in [2.45, 2.75) is 13.0 Å². The molecule has 0 bridgehead atoms. The van der Waals surface area contributed by atoms with Gasteiger partial charge in [0.15, 0.2) is 0 Å². The van der Waals surface area contributed by atoms with E-state index in [1.165, 1.54) is 11.1 Å². The van der Waals surface area contributed by atoms with Crippen molar-refractivity contribution in [3.8, 4) is 0 Å². The summed E-state index contributed by atoms with van der Waals surface area (Å²) in [6, 6.07) is 8.44. The van der Waals surface area contributed by atoms with Crippen molar-refractivity contribution in [2.75, 3.05) is 6.54 Å². The number of hydrogen-bond donors (Lipinski definition) is 1. The topological polar surface area (TPSA) is 21.3 Å². The van der Waals surface area contributed by atoms with E-state index >= 15 is 0 Å². The van der Waals surface area contributed by atoms with Crippen LogP contribution >= 0.6 is 0 Å². The molecule has 1 aliphatic heterocycles. The lowest BCUT2D eigenvalue weighted by molar-refractivity contribution is 0.259. The summed E-state index contributed by atoms with van der Waals surface area (Å²) >= 11 is 0. The van der Waals surface area contributed by atoms with Crippen LogP contribution in [0.15, 0.2) is 24.3 Å². The molecule has 1 atom stereocenters. The largest absolute Gasteiger partial charge is 0.416 e. The second kappa shape index (κ2) is 3.29. The average molecular weight is 160 g/mol. The van der Waals surface area contributed by atoms with Gasteiger partial charge in [-0.05, 0) is 12.5 Å². The van der Waals surface area contributed by atoms with Crippen LogP contribution in [0.2, 0.25) is 0 Å². The Morgan fingerprint density at radius 1 is 1.42 bits per heavy atom. The molecule has 1 aromatic carbocycles. The van der Waals surface area contributed by atoms with Gasteiger partial charge in [-0.3, -0.25) is 0 Å². The molecule has 3 heteroatoms. The number of nitrogens with one attached hydrogen (secondary N) is 1. The molecule has 61 valence electrons. The lowest BCUT2D eigenvalue weighted by Crippen LogP contribution is -2.10. The summed E-state index contributed by atoms with van der Waals surface area (Å²) in [4.78, 5) is 0. The van der Waals surface area contributed by atoms with E-state index in [0.717, 1.165) is 6.54 Å². The van der Waals surface area contributed by atoms with Crippen molar-refractivity contribution in [1.29, 1.82) is 0 Å². The fourth-order valence-corrected chi connectivity index (χ4v) is 1.31. The van der Waals surface area contributed by atoms with E-state index in [-0.39, 0.29) is 6.10 Å². The Balaban J connectivity index is 2.17. The summed E-state index contributed by atoms with van der Waals surface area (Å²) < 4.78 is 5.34. The molecule has 0 spiro atoms. The van der Waals surface area contributed by atoms with E-state index in [9.17, 15) is 0 Å². The van der Waals surface area contributed by atoms with E-state index in [1.807, 2.05) is 0 Å². The summed E-state index contributed by atoms with van der Waals surface area (Å²) in [7, 11) is 1.66. The third-order valence-electron chi connectivity index (χ3n) is 2.07. The molecule has 0 saturated carbocycles. The van der Waals surface area contributed by atoms with Gasteiger partial charge in [-0.25, -0.2) is 0 Å². The van der Waals surface area contributed by atoms with Crippen LogP contribution in [0.5, 0.6) is 0 Å². The summed E-state index contributed by atoms with van der Waals surface area (Å²) in [6.07, 6.45) is 0.200. The summed E-state index contributed by atoms with van der Waals surface area (Å²) in [5.74, 6) is 0. The average Bonchev–Trinajstić information content (AvgIpc) is 2.58. The molecule has 1 N–H and O–H groups in total. The highest BCUT2D eigenvalue weighted by molar-refractivity contribution is 6.24. The van der Waals surface area contributed by atoms with E-state index in [1.54, 1.807) is 7.62 Å². The minimum absolute atomic E-state index is 0.200. The van der Waals surface area contributed by atoms with Gasteiger partial charge in [0.2, 0.25) is 0 Å². The molecule has 12 heavy (non-hydrogen) atoms. The summed E-state index contributed by atoms with van der Waals surface area (Å²) in [5.41, 5.74) is 2.52. The molecule has 1 heterocycles. The number of rotatable bonds is 1. The van der Waals surface area contributed by atoms with E-state index < -0.39 is 0 Å². The molecular weight excluding hydrogens is 149 g/mol. The second-order valence-corrected chi connectivity index (χ2v) is 3.06. The Hall–Kier alpha value is -0.795. The van der Waals surface area contributed by atoms with Gasteiger partial charge in [-0.1, -0.05) is 29.8 Å². The molecule has 1 saturated heterocycles.